The van der Waals surface area contributed by atoms with Crippen LogP contribution in [0.1, 0.15) is 25.1 Å². The van der Waals surface area contributed by atoms with Gasteiger partial charge in [-0.25, -0.2) is 4.98 Å². The van der Waals surface area contributed by atoms with E-state index in [0.29, 0.717) is 19.4 Å². The zero-order chi connectivity index (χ0) is 13.1. The summed E-state index contributed by atoms with van der Waals surface area (Å²) in [4.78, 5) is 27.1. The van der Waals surface area contributed by atoms with Crippen molar-refractivity contribution in [2.24, 2.45) is 18.9 Å². The van der Waals surface area contributed by atoms with Crippen molar-refractivity contribution in [2.75, 3.05) is 0 Å². The number of carbonyl (C=O) groups excluding carboxylic acids is 1. The molecule has 1 aliphatic rings. The summed E-state index contributed by atoms with van der Waals surface area (Å²) in [7, 11) is 1.85. The van der Waals surface area contributed by atoms with Crippen LogP contribution < -0.4 is 5.32 Å². The van der Waals surface area contributed by atoms with Crippen LogP contribution in [0.5, 0.6) is 0 Å². The Labute approximate surface area is 105 Å². The molecule has 0 saturated heterocycles. The van der Waals surface area contributed by atoms with Crippen molar-refractivity contribution < 1.29 is 14.7 Å². The molecule has 1 aromatic rings. The predicted molar refractivity (Wildman–Crippen MR) is 63.5 cm³/mol. The number of imidazole rings is 1. The number of aromatic nitrogens is 2. The largest absolute Gasteiger partial charge is 0.481 e. The Balaban J connectivity index is 1.92. The second-order valence-electron chi connectivity index (χ2n) is 4.65. The van der Waals surface area contributed by atoms with Crippen molar-refractivity contribution >= 4 is 11.9 Å². The number of amides is 1. The van der Waals surface area contributed by atoms with Gasteiger partial charge in [-0.2, -0.15) is 0 Å². The van der Waals surface area contributed by atoms with E-state index in [1.807, 2.05) is 11.6 Å². The van der Waals surface area contributed by atoms with Gasteiger partial charge in [-0.15, -0.1) is 0 Å². The lowest BCUT2D eigenvalue weighted by Gasteiger charge is -2.15. The highest BCUT2D eigenvalue weighted by atomic mass is 16.4. The summed E-state index contributed by atoms with van der Waals surface area (Å²) >= 11 is 0. The van der Waals surface area contributed by atoms with Crippen molar-refractivity contribution in [3.8, 4) is 0 Å². The molecule has 1 saturated carbocycles. The molecule has 18 heavy (non-hydrogen) atoms. The predicted octanol–water partition coefficient (Wildman–Crippen LogP) is 0.537. The number of nitrogens with zero attached hydrogens (tertiary/aromatic N) is 2. The summed E-state index contributed by atoms with van der Waals surface area (Å²) in [5.74, 6) is -1.23. The molecule has 1 heterocycles. The van der Waals surface area contributed by atoms with Crippen LogP contribution in [0, 0.1) is 11.8 Å². The van der Waals surface area contributed by atoms with Gasteiger partial charge in [0.2, 0.25) is 5.91 Å². The van der Waals surface area contributed by atoms with Crippen LogP contribution in [0.4, 0.5) is 0 Å². The fourth-order valence-corrected chi connectivity index (χ4v) is 2.43. The molecule has 1 fully saturated rings. The van der Waals surface area contributed by atoms with Gasteiger partial charge in [-0.3, -0.25) is 9.59 Å². The van der Waals surface area contributed by atoms with Crippen molar-refractivity contribution in [3.05, 3.63) is 18.2 Å². The highest BCUT2D eigenvalue weighted by Crippen LogP contribution is 2.32. The Hall–Kier alpha value is -1.85. The molecule has 0 spiro atoms. The zero-order valence-electron chi connectivity index (χ0n) is 10.3. The van der Waals surface area contributed by atoms with Gasteiger partial charge in [0.25, 0.3) is 0 Å². The first-order valence-corrected chi connectivity index (χ1v) is 6.06. The second kappa shape index (κ2) is 5.20. The number of carbonyl (C=O) groups is 2. The van der Waals surface area contributed by atoms with Gasteiger partial charge in [0.05, 0.1) is 18.4 Å². The molecule has 6 nitrogen and oxygen atoms in total. The summed E-state index contributed by atoms with van der Waals surface area (Å²) in [6, 6.07) is 0. The van der Waals surface area contributed by atoms with E-state index in [2.05, 4.69) is 10.3 Å². The molecule has 2 unspecified atom stereocenters. The molecule has 2 rings (SSSR count). The molecule has 0 aromatic carbocycles. The number of carboxylic acids is 1. The number of carboxylic acid groups (broad SMARTS) is 1. The molecular formula is C12H17N3O3. The Morgan fingerprint density at radius 1 is 1.50 bits per heavy atom. The monoisotopic (exact) mass is 251 g/mol. The van der Waals surface area contributed by atoms with Gasteiger partial charge >= 0.3 is 5.97 Å². The lowest BCUT2D eigenvalue weighted by atomic mass is 9.95. The molecule has 0 bridgehead atoms. The minimum atomic E-state index is -0.871. The molecular weight excluding hydrogens is 234 g/mol. The third-order valence-electron chi connectivity index (χ3n) is 3.51. The van der Waals surface area contributed by atoms with Crippen LogP contribution in [0.3, 0.4) is 0 Å². The third kappa shape index (κ3) is 2.52. The molecule has 1 aromatic heterocycles. The van der Waals surface area contributed by atoms with E-state index >= 15 is 0 Å². The van der Waals surface area contributed by atoms with Gasteiger partial charge in [0.1, 0.15) is 5.82 Å². The van der Waals surface area contributed by atoms with E-state index in [4.69, 9.17) is 5.11 Å². The number of hydrogen-bond acceptors (Lipinski definition) is 3. The van der Waals surface area contributed by atoms with Gasteiger partial charge in [-0.1, -0.05) is 6.42 Å². The number of hydrogen-bond donors (Lipinski definition) is 2. The second-order valence-corrected chi connectivity index (χ2v) is 4.65. The average molecular weight is 251 g/mol. The Bertz CT molecular complexity index is 455. The third-order valence-corrected chi connectivity index (χ3v) is 3.51. The van der Waals surface area contributed by atoms with Crippen molar-refractivity contribution in [2.45, 2.75) is 25.8 Å². The van der Waals surface area contributed by atoms with E-state index in [1.54, 1.807) is 12.4 Å². The fraction of sp³-hybridized carbons (Fsp3) is 0.583. The Morgan fingerprint density at radius 2 is 2.22 bits per heavy atom. The molecule has 0 radical (unpaired) electrons. The first kappa shape index (κ1) is 12.6. The van der Waals surface area contributed by atoms with Gasteiger partial charge in [0, 0.05) is 19.4 Å². The highest BCUT2D eigenvalue weighted by molar-refractivity contribution is 5.85. The lowest BCUT2D eigenvalue weighted by Crippen LogP contribution is -2.35. The van der Waals surface area contributed by atoms with E-state index in [9.17, 15) is 9.59 Å². The SMILES string of the molecule is Cn1ccnc1CNC(=O)C1CCCC1C(=O)O. The van der Waals surface area contributed by atoms with E-state index in [0.717, 1.165) is 12.2 Å². The van der Waals surface area contributed by atoms with Crippen LogP contribution in [0.25, 0.3) is 0 Å². The molecule has 6 heteroatoms. The van der Waals surface area contributed by atoms with E-state index in [-0.39, 0.29) is 5.91 Å². The van der Waals surface area contributed by atoms with Crippen LogP contribution in [0.2, 0.25) is 0 Å². The number of rotatable bonds is 4. The topological polar surface area (TPSA) is 84.2 Å². The maximum Gasteiger partial charge on any atom is 0.307 e. The van der Waals surface area contributed by atoms with Crippen molar-refractivity contribution in [3.63, 3.8) is 0 Å². The maximum absolute atomic E-state index is 12.0. The zero-order valence-corrected chi connectivity index (χ0v) is 10.3. The van der Waals surface area contributed by atoms with Crippen LogP contribution in [-0.2, 0) is 23.2 Å². The number of aliphatic carboxylic acids is 1. The maximum atomic E-state index is 12.0. The molecule has 98 valence electrons. The first-order chi connectivity index (χ1) is 8.59. The molecule has 0 aliphatic heterocycles. The first-order valence-electron chi connectivity index (χ1n) is 6.06. The fourth-order valence-electron chi connectivity index (χ4n) is 2.43. The average Bonchev–Trinajstić information content (AvgIpc) is 2.94. The minimum absolute atomic E-state index is 0.178. The molecule has 1 amide bonds. The minimum Gasteiger partial charge on any atom is -0.481 e. The van der Waals surface area contributed by atoms with E-state index < -0.39 is 17.8 Å². The standard InChI is InChI=1S/C12H17N3O3/c1-15-6-5-13-10(15)7-14-11(16)8-3-2-4-9(8)12(17)18/h5-6,8-9H,2-4,7H2,1H3,(H,14,16)(H,17,18). The van der Waals surface area contributed by atoms with Crippen LogP contribution in [0.15, 0.2) is 12.4 Å². The highest BCUT2D eigenvalue weighted by Gasteiger charge is 2.37. The Kier molecular flexibility index (Phi) is 3.64. The summed E-state index contributed by atoms with van der Waals surface area (Å²) in [6.07, 6.45) is 5.52. The quantitative estimate of drug-likeness (QED) is 0.818. The van der Waals surface area contributed by atoms with E-state index in [1.165, 1.54) is 0 Å². The Morgan fingerprint density at radius 3 is 2.83 bits per heavy atom. The molecule has 2 atom stereocenters. The normalized spacial score (nSPS) is 22.9. The number of aryl methyl sites for hydroxylation is 1. The van der Waals surface area contributed by atoms with Crippen molar-refractivity contribution in [1.82, 2.24) is 14.9 Å². The summed E-state index contributed by atoms with van der Waals surface area (Å²) < 4.78 is 1.82. The van der Waals surface area contributed by atoms with Gasteiger partial charge in [0.15, 0.2) is 0 Å². The summed E-state index contributed by atoms with van der Waals surface area (Å²) in [6.45, 7) is 0.338. The van der Waals surface area contributed by atoms with Crippen LogP contribution in [-0.4, -0.2) is 26.5 Å². The molecule has 1 aliphatic carbocycles. The van der Waals surface area contributed by atoms with Crippen molar-refractivity contribution in [1.29, 1.82) is 0 Å². The summed E-state index contributed by atoms with van der Waals surface area (Å²) in [5, 5.41) is 11.8. The lowest BCUT2D eigenvalue weighted by molar-refractivity contribution is -0.146. The van der Waals surface area contributed by atoms with Gasteiger partial charge in [-0.05, 0) is 12.8 Å². The smallest absolute Gasteiger partial charge is 0.307 e. The van der Waals surface area contributed by atoms with Gasteiger partial charge < -0.3 is 15.0 Å². The molecule has 2 N–H and O–H groups in total. The van der Waals surface area contributed by atoms with Crippen LogP contribution >= 0.6 is 0 Å². The number of nitrogens with one attached hydrogen (secondary N) is 1. The summed E-state index contributed by atoms with van der Waals surface area (Å²) in [5.41, 5.74) is 0.